The molecule has 1 aromatic carbocycles. The Labute approximate surface area is 86.3 Å². The lowest BCUT2D eigenvalue weighted by Gasteiger charge is -1.99. The van der Waals surface area contributed by atoms with Gasteiger partial charge in [0, 0.05) is 0 Å². The van der Waals surface area contributed by atoms with Crippen LogP contribution in [0.2, 0.25) is 0 Å². The molecule has 1 aromatic heterocycles. The predicted octanol–water partition coefficient (Wildman–Crippen LogP) is 1.92. The van der Waals surface area contributed by atoms with E-state index in [0.29, 0.717) is 11.1 Å². The minimum atomic E-state index is -0.385. The zero-order valence-electron chi connectivity index (χ0n) is 8.32. The number of carbonyl (C=O) groups is 1. The molecule has 0 saturated heterocycles. The molecule has 0 aliphatic heterocycles. The Morgan fingerprint density at radius 1 is 1.33 bits per heavy atom. The van der Waals surface area contributed by atoms with Crippen LogP contribution in [0.5, 0.6) is 0 Å². The van der Waals surface area contributed by atoms with Gasteiger partial charge in [0.25, 0.3) is 0 Å². The molecule has 0 radical (unpaired) electrons. The summed E-state index contributed by atoms with van der Waals surface area (Å²) in [6, 6.07) is 8.90. The number of hydrogen-bond donors (Lipinski definition) is 0. The monoisotopic (exact) mass is 202 g/mol. The largest absolute Gasteiger partial charge is 0.427 e. The molecule has 0 spiro atoms. The molecule has 1 heterocycles. The van der Waals surface area contributed by atoms with E-state index in [2.05, 4.69) is 0 Å². The molecule has 3 heteroatoms. The van der Waals surface area contributed by atoms with Gasteiger partial charge >= 0.3 is 5.63 Å². The molecule has 2 rings (SSSR count). The molecule has 3 nitrogen and oxygen atoms in total. The number of ketones is 1. The van der Waals surface area contributed by atoms with Crippen LogP contribution in [0.1, 0.15) is 12.7 Å². The average Bonchev–Trinajstić information content (AvgIpc) is 2.16. The molecule has 0 unspecified atom stereocenters. The normalized spacial score (nSPS) is 10.5. The van der Waals surface area contributed by atoms with Gasteiger partial charge in [0.15, 0.2) is 0 Å². The van der Waals surface area contributed by atoms with Crippen molar-refractivity contribution in [2.24, 2.45) is 0 Å². The van der Waals surface area contributed by atoms with Crippen LogP contribution in [0.4, 0.5) is 0 Å². The lowest BCUT2D eigenvalue weighted by atomic mass is 10.1. The van der Waals surface area contributed by atoms with Crippen molar-refractivity contribution in [3.63, 3.8) is 0 Å². The maximum absolute atomic E-state index is 11.5. The van der Waals surface area contributed by atoms with Gasteiger partial charge < -0.3 is 4.42 Å². The van der Waals surface area contributed by atoms with Crippen LogP contribution in [0.15, 0.2) is 39.5 Å². The van der Waals surface area contributed by atoms with Crippen LogP contribution >= 0.6 is 0 Å². The highest BCUT2D eigenvalue weighted by atomic mass is 16.4. The SMILES string of the molecule is CC(=O)Cc1cc2ccccc2c(=O)o1. The van der Waals surface area contributed by atoms with Gasteiger partial charge in [0.2, 0.25) is 0 Å². The molecule has 76 valence electrons. The van der Waals surface area contributed by atoms with Gasteiger partial charge in [-0.15, -0.1) is 0 Å². The second kappa shape index (κ2) is 3.69. The molecular weight excluding hydrogens is 192 g/mol. The van der Waals surface area contributed by atoms with Crippen LogP contribution in [0.3, 0.4) is 0 Å². The first-order valence-corrected chi connectivity index (χ1v) is 4.68. The van der Waals surface area contributed by atoms with Crippen molar-refractivity contribution >= 4 is 16.6 Å². The summed E-state index contributed by atoms with van der Waals surface area (Å²) in [7, 11) is 0. The summed E-state index contributed by atoms with van der Waals surface area (Å²) in [6.45, 7) is 1.47. The van der Waals surface area contributed by atoms with Gasteiger partial charge in [-0.2, -0.15) is 0 Å². The van der Waals surface area contributed by atoms with E-state index >= 15 is 0 Å². The first kappa shape index (κ1) is 9.65. The highest BCUT2D eigenvalue weighted by Crippen LogP contribution is 2.11. The molecule has 2 aromatic rings. The van der Waals surface area contributed by atoms with Crippen molar-refractivity contribution in [2.45, 2.75) is 13.3 Å². The fourth-order valence-corrected chi connectivity index (χ4v) is 1.52. The second-order valence-corrected chi connectivity index (χ2v) is 3.47. The van der Waals surface area contributed by atoms with Crippen molar-refractivity contribution in [2.75, 3.05) is 0 Å². The van der Waals surface area contributed by atoms with Crippen LogP contribution in [-0.2, 0) is 11.2 Å². The standard InChI is InChI=1S/C12H10O3/c1-8(13)6-10-7-9-4-2-3-5-11(9)12(14)15-10/h2-5,7H,6H2,1H3. The van der Waals surface area contributed by atoms with Crippen LogP contribution < -0.4 is 5.63 Å². The Morgan fingerprint density at radius 2 is 2.07 bits per heavy atom. The predicted molar refractivity (Wildman–Crippen MR) is 56.9 cm³/mol. The third kappa shape index (κ3) is 1.96. The molecule has 0 N–H and O–H groups in total. The Kier molecular flexibility index (Phi) is 2.37. The van der Waals surface area contributed by atoms with Gasteiger partial charge in [-0.25, -0.2) is 4.79 Å². The van der Waals surface area contributed by atoms with E-state index in [-0.39, 0.29) is 17.8 Å². The smallest absolute Gasteiger partial charge is 0.343 e. The Morgan fingerprint density at radius 3 is 2.80 bits per heavy atom. The van der Waals surface area contributed by atoms with E-state index in [4.69, 9.17) is 4.42 Å². The first-order valence-electron chi connectivity index (χ1n) is 4.68. The third-order valence-electron chi connectivity index (χ3n) is 2.14. The number of fused-ring (bicyclic) bond motifs is 1. The van der Waals surface area contributed by atoms with E-state index in [1.807, 2.05) is 12.1 Å². The zero-order valence-corrected chi connectivity index (χ0v) is 8.32. The van der Waals surface area contributed by atoms with Gasteiger partial charge in [-0.05, 0) is 24.4 Å². The summed E-state index contributed by atoms with van der Waals surface area (Å²) in [6.07, 6.45) is 0.167. The Balaban J connectivity index is 2.62. The Hall–Kier alpha value is -1.90. The third-order valence-corrected chi connectivity index (χ3v) is 2.14. The van der Waals surface area contributed by atoms with Crippen LogP contribution in [0, 0.1) is 0 Å². The molecule has 0 saturated carbocycles. The maximum Gasteiger partial charge on any atom is 0.343 e. The van der Waals surface area contributed by atoms with E-state index < -0.39 is 0 Å². The number of carbonyl (C=O) groups excluding carboxylic acids is 1. The fraction of sp³-hybridized carbons (Fsp3) is 0.167. The first-order chi connectivity index (χ1) is 7.16. The molecule has 15 heavy (non-hydrogen) atoms. The quantitative estimate of drug-likeness (QED) is 0.747. The van der Waals surface area contributed by atoms with E-state index in [0.717, 1.165) is 5.39 Å². The van der Waals surface area contributed by atoms with Crippen molar-refractivity contribution < 1.29 is 9.21 Å². The second-order valence-electron chi connectivity index (χ2n) is 3.47. The molecular formula is C12H10O3. The van der Waals surface area contributed by atoms with Gasteiger partial charge in [-0.3, -0.25) is 4.79 Å². The van der Waals surface area contributed by atoms with Crippen molar-refractivity contribution in [3.8, 4) is 0 Å². The van der Waals surface area contributed by atoms with E-state index in [1.54, 1.807) is 18.2 Å². The van der Waals surface area contributed by atoms with Crippen molar-refractivity contribution in [1.29, 1.82) is 0 Å². The minimum Gasteiger partial charge on any atom is -0.427 e. The zero-order chi connectivity index (χ0) is 10.8. The summed E-state index contributed by atoms with van der Waals surface area (Å²) in [5, 5.41) is 1.36. The van der Waals surface area contributed by atoms with Crippen molar-refractivity contribution in [3.05, 3.63) is 46.5 Å². The van der Waals surface area contributed by atoms with Crippen LogP contribution in [0.25, 0.3) is 10.8 Å². The van der Waals surface area contributed by atoms with E-state index in [9.17, 15) is 9.59 Å². The Bertz CT molecular complexity index is 566. The fourth-order valence-electron chi connectivity index (χ4n) is 1.52. The molecule has 0 amide bonds. The number of hydrogen-bond acceptors (Lipinski definition) is 3. The molecule has 0 bridgehead atoms. The number of rotatable bonds is 2. The van der Waals surface area contributed by atoms with E-state index in [1.165, 1.54) is 6.92 Å². The van der Waals surface area contributed by atoms with Gasteiger partial charge in [0.05, 0.1) is 11.8 Å². The molecule has 0 aliphatic carbocycles. The molecule has 0 fully saturated rings. The highest BCUT2D eigenvalue weighted by molar-refractivity contribution is 5.83. The lowest BCUT2D eigenvalue weighted by molar-refractivity contribution is -0.116. The molecule has 0 aliphatic rings. The minimum absolute atomic E-state index is 0.0200. The lowest BCUT2D eigenvalue weighted by Crippen LogP contribution is -2.04. The van der Waals surface area contributed by atoms with Crippen molar-refractivity contribution in [1.82, 2.24) is 0 Å². The van der Waals surface area contributed by atoms with Gasteiger partial charge in [-0.1, -0.05) is 18.2 Å². The highest BCUT2D eigenvalue weighted by Gasteiger charge is 2.05. The topological polar surface area (TPSA) is 47.3 Å². The summed E-state index contributed by atoms with van der Waals surface area (Å²) >= 11 is 0. The molecule has 0 atom stereocenters. The summed E-state index contributed by atoms with van der Waals surface area (Å²) in [5.41, 5.74) is -0.385. The summed E-state index contributed by atoms with van der Waals surface area (Å²) < 4.78 is 5.02. The summed E-state index contributed by atoms with van der Waals surface area (Å²) in [4.78, 5) is 22.4. The van der Waals surface area contributed by atoms with Crippen LogP contribution in [-0.4, -0.2) is 5.78 Å². The maximum atomic E-state index is 11.5. The summed E-state index contributed by atoms with van der Waals surface area (Å²) in [5.74, 6) is 0.402. The van der Waals surface area contributed by atoms with Gasteiger partial charge in [0.1, 0.15) is 11.5 Å². The number of Topliss-reactive ketones (excluding diaryl/α,β-unsaturated/α-hetero) is 1. The number of benzene rings is 1. The average molecular weight is 202 g/mol.